The summed E-state index contributed by atoms with van der Waals surface area (Å²) in [5.41, 5.74) is 0.0480. The summed E-state index contributed by atoms with van der Waals surface area (Å²) >= 11 is 0. The minimum absolute atomic E-state index is 0.0926. The zero-order valence-corrected chi connectivity index (χ0v) is 18.3. The van der Waals surface area contributed by atoms with E-state index in [1.807, 2.05) is 24.3 Å². The number of halogens is 3. The van der Waals surface area contributed by atoms with Crippen LogP contribution < -0.4 is 9.80 Å². The topological polar surface area (TPSA) is 87.0 Å². The van der Waals surface area contributed by atoms with E-state index < -0.39 is 22.4 Å². The van der Waals surface area contributed by atoms with Crippen molar-refractivity contribution in [3.05, 3.63) is 63.7 Å². The van der Waals surface area contributed by atoms with Gasteiger partial charge in [0.1, 0.15) is 5.69 Å². The minimum Gasteiger partial charge on any atom is -0.362 e. The smallest absolute Gasteiger partial charge is 0.362 e. The maximum atomic E-state index is 12.9. The van der Waals surface area contributed by atoms with Crippen molar-refractivity contribution in [2.75, 3.05) is 42.5 Å². The summed E-state index contributed by atoms with van der Waals surface area (Å²) in [5, 5.41) is 11.4. The highest BCUT2D eigenvalue weighted by atomic mass is 19.4. The Labute approximate surface area is 193 Å². The van der Waals surface area contributed by atoms with Crippen molar-refractivity contribution >= 4 is 28.9 Å². The summed E-state index contributed by atoms with van der Waals surface area (Å²) in [4.78, 5) is 40.2. The molecular weight excluding hydrogens is 453 g/mol. The second-order valence-electron chi connectivity index (χ2n) is 8.32. The molecule has 0 unspecified atom stereocenters. The summed E-state index contributed by atoms with van der Waals surface area (Å²) < 4.78 is 38.8. The van der Waals surface area contributed by atoms with Gasteiger partial charge in [0.05, 0.1) is 16.9 Å². The van der Waals surface area contributed by atoms with Crippen LogP contribution in [0, 0.1) is 10.1 Å². The van der Waals surface area contributed by atoms with Crippen molar-refractivity contribution in [3.63, 3.8) is 0 Å². The third-order valence-corrected chi connectivity index (χ3v) is 6.15. The number of carbonyl (C=O) groups is 2. The highest BCUT2D eigenvalue weighted by Crippen LogP contribution is 2.36. The van der Waals surface area contributed by atoms with Gasteiger partial charge in [0, 0.05) is 50.9 Å². The molecule has 0 spiro atoms. The highest BCUT2D eigenvalue weighted by molar-refractivity contribution is 5.95. The van der Waals surface area contributed by atoms with Gasteiger partial charge in [-0.2, -0.15) is 13.2 Å². The predicted octanol–water partition coefficient (Wildman–Crippen LogP) is 3.63. The molecule has 0 saturated carbocycles. The fourth-order valence-electron chi connectivity index (χ4n) is 4.31. The van der Waals surface area contributed by atoms with Crippen molar-refractivity contribution in [2.45, 2.75) is 25.4 Å². The molecule has 2 fully saturated rings. The normalized spacial score (nSPS) is 16.8. The molecule has 2 heterocycles. The van der Waals surface area contributed by atoms with Crippen LogP contribution in [0.3, 0.4) is 0 Å². The molecule has 8 nitrogen and oxygen atoms in total. The molecule has 4 rings (SSSR count). The van der Waals surface area contributed by atoms with E-state index in [0.717, 1.165) is 29.8 Å². The van der Waals surface area contributed by atoms with Gasteiger partial charge in [0.2, 0.25) is 11.8 Å². The molecule has 2 aromatic carbocycles. The van der Waals surface area contributed by atoms with Gasteiger partial charge in [-0.05, 0) is 36.2 Å². The second kappa shape index (κ2) is 9.32. The number of benzene rings is 2. The molecule has 34 heavy (non-hydrogen) atoms. The van der Waals surface area contributed by atoms with E-state index in [0.29, 0.717) is 32.1 Å². The number of anilines is 2. The number of nitro groups is 1. The molecule has 0 aliphatic carbocycles. The molecule has 2 aromatic rings. The van der Waals surface area contributed by atoms with Gasteiger partial charge in [0.25, 0.3) is 5.69 Å². The van der Waals surface area contributed by atoms with Gasteiger partial charge < -0.3 is 14.7 Å². The summed E-state index contributed by atoms with van der Waals surface area (Å²) in [6.45, 7) is 1.84. The molecule has 0 radical (unpaired) electrons. The summed E-state index contributed by atoms with van der Waals surface area (Å²) in [7, 11) is 0. The lowest BCUT2D eigenvalue weighted by atomic mass is 10.1. The lowest BCUT2D eigenvalue weighted by Gasteiger charge is -2.36. The minimum atomic E-state index is -4.67. The van der Waals surface area contributed by atoms with E-state index in [2.05, 4.69) is 0 Å². The number of hydrogen-bond acceptors (Lipinski definition) is 5. The first-order valence-electron chi connectivity index (χ1n) is 10.9. The van der Waals surface area contributed by atoms with Gasteiger partial charge in [0.15, 0.2) is 0 Å². The van der Waals surface area contributed by atoms with Crippen LogP contribution >= 0.6 is 0 Å². The van der Waals surface area contributed by atoms with Crippen molar-refractivity contribution < 1.29 is 27.7 Å². The average Bonchev–Trinajstić information content (AvgIpc) is 3.24. The fourth-order valence-corrected chi connectivity index (χ4v) is 4.31. The Hall–Kier alpha value is -3.63. The fraction of sp³-hybridized carbons (Fsp3) is 0.391. The SMILES string of the molecule is O=C(Cc1ccc(N2CCCC2=O)cc1)N1CCN(c2ccc(C(F)(F)F)cc2[N+](=O)[O-])CC1. The lowest BCUT2D eigenvalue weighted by Crippen LogP contribution is -2.49. The summed E-state index contributed by atoms with van der Waals surface area (Å²) in [6.07, 6.45) is -3.12. The van der Waals surface area contributed by atoms with Crippen molar-refractivity contribution in [2.24, 2.45) is 0 Å². The Morgan fingerprint density at radius 1 is 1.00 bits per heavy atom. The van der Waals surface area contributed by atoms with Crippen LogP contribution in [0.15, 0.2) is 42.5 Å². The number of amides is 2. The third-order valence-electron chi connectivity index (χ3n) is 6.15. The Morgan fingerprint density at radius 2 is 1.68 bits per heavy atom. The first-order chi connectivity index (χ1) is 16.1. The first kappa shape index (κ1) is 23.5. The van der Waals surface area contributed by atoms with Crippen LogP contribution in [0.5, 0.6) is 0 Å². The number of rotatable bonds is 5. The van der Waals surface area contributed by atoms with E-state index in [9.17, 15) is 32.9 Å². The molecule has 2 aliphatic rings. The van der Waals surface area contributed by atoms with E-state index in [-0.39, 0.29) is 37.0 Å². The van der Waals surface area contributed by atoms with Crippen LogP contribution in [-0.4, -0.2) is 54.4 Å². The zero-order valence-electron chi connectivity index (χ0n) is 18.3. The monoisotopic (exact) mass is 476 g/mol. The summed E-state index contributed by atoms with van der Waals surface area (Å²) in [6, 6.07) is 9.79. The largest absolute Gasteiger partial charge is 0.416 e. The third kappa shape index (κ3) is 4.97. The van der Waals surface area contributed by atoms with Gasteiger partial charge in [-0.1, -0.05) is 12.1 Å². The highest BCUT2D eigenvalue weighted by Gasteiger charge is 2.34. The van der Waals surface area contributed by atoms with Crippen LogP contribution in [0.25, 0.3) is 0 Å². The van der Waals surface area contributed by atoms with E-state index in [1.54, 1.807) is 14.7 Å². The predicted molar refractivity (Wildman–Crippen MR) is 119 cm³/mol. The quantitative estimate of drug-likeness (QED) is 0.486. The Balaban J connectivity index is 1.37. The van der Waals surface area contributed by atoms with Gasteiger partial charge >= 0.3 is 6.18 Å². The standard InChI is InChI=1S/C23H23F3N4O4/c24-23(25,26)17-5-8-19(20(15-17)30(33)34)27-10-12-28(13-11-27)22(32)14-16-3-6-18(7-4-16)29-9-1-2-21(29)31/h3-8,15H,1-2,9-14H2. The van der Waals surface area contributed by atoms with E-state index in [1.165, 1.54) is 0 Å². The van der Waals surface area contributed by atoms with E-state index >= 15 is 0 Å². The molecule has 11 heteroatoms. The molecule has 0 bridgehead atoms. The Kier molecular flexibility index (Phi) is 6.45. The number of alkyl halides is 3. The maximum absolute atomic E-state index is 12.9. The van der Waals surface area contributed by atoms with Crippen molar-refractivity contribution in [1.82, 2.24) is 4.90 Å². The molecule has 0 aromatic heterocycles. The van der Waals surface area contributed by atoms with Crippen LogP contribution in [0.2, 0.25) is 0 Å². The van der Waals surface area contributed by atoms with Crippen molar-refractivity contribution in [3.8, 4) is 0 Å². The van der Waals surface area contributed by atoms with E-state index in [4.69, 9.17) is 0 Å². The second-order valence-corrected chi connectivity index (χ2v) is 8.32. The number of nitrogens with zero attached hydrogens (tertiary/aromatic N) is 4. The van der Waals surface area contributed by atoms with Crippen molar-refractivity contribution in [1.29, 1.82) is 0 Å². The Bertz CT molecular complexity index is 1100. The molecule has 2 saturated heterocycles. The molecule has 2 aliphatic heterocycles. The van der Waals surface area contributed by atoms with Crippen LogP contribution in [0.4, 0.5) is 30.2 Å². The first-order valence-corrected chi connectivity index (χ1v) is 10.9. The number of piperazine rings is 1. The van der Waals surface area contributed by atoms with Crippen LogP contribution in [-0.2, 0) is 22.2 Å². The average molecular weight is 476 g/mol. The number of carbonyl (C=O) groups excluding carboxylic acids is 2. The number of nitro benzene ring substituents is 1. The Morgan fingerprint density at radius 3 is 2.24 bits per heavy atom. The molecular formula is C23H23F3N4O4. The van der Waals surface area contributed by atoms with Gasteiger partial charge in [-0.25, -0.2) is 0 Å². The molecule has 0 atom stereocenters. The van der Waals surface area contributed by atoms with Crippen LogP contribution in [0.1, 0.15) is 24.0 Å². The molecule has 2 amide bonds. The van der Waals surface area contributed by atoms with Gasteiger partial charge in [-0.3, -0.25) is 19.7 Å². The van der Waals surface area contributed by atoms with Gasteiger partial charge in [-0.15, -0.1) is 0 Å². The molecule has 180 valence electrons. The number of hydrogen-bond donors (Lipinski definition) is 0. The lowest BCUT2D eigenvalue weighted by molar-refractivity contribution is -0.384. The molecule has 0 N–H and O–H groups in total. The zero-order chi connectivity index (χ0) is 24.5. The maximum Gasteiger partial charge on any atom is 0.416 e. The summed E-state index contributed by atoms with van der Waals surface area (Å²) in [5.74, 6) is -0.0125.